The van der Waals surface area contributed by atoms with Gasteiger partial charge >= 0.3 is 0 Å². The van der Waals surface area contributed by atoms with Crippen molar-refractivity contribution in [2.24, 2.45) is 0 Å². The summed E-state index contributed by atoms with van der Waals surface area (Å²) in [4.78, 5) is 19.5. The van der Waals surface area contributed by atoms with Crippen LogP contribution >= 0.6 is 47.0 Å². The number of benzene rings is 22. The van der Waals surface area contributed by atoms with Gasteiger partial charge in [-0.1, -0.05) is 421 Å². The van der Waals surface area contributed by atoms with Gasteiger partial charge in [-0.2, -0.15) is 0 Å². The Morgan fingerprint density at radius 3 is 0.733 bits per heavy atom. The van der Waals surface area contributed by atoms with Crippen molar-refractivity contribution in [2.45, 2.75) is 124 Å². The van der Waals surface area contributed by atoms with E-state index in [4.69, 9.17) is 9.47 Å². The van der Waals surface area contributed by atoms with E-state index in [1.54, 1.807) is 0 Å². The highest BCUT2D eigenvalue weighted by atomic mass is 32.2. The minimum Gasteiger partial charge on any atom is -0.433 e. The molecule has 0 fully saturated rings. The highest BCUT2D eigenvalue weighted by Gasteiger charge is 2.43. The highest BCUT2D eigenvalue weighted by molar-refractivity contribution is 8.08. The molecule has 0 aromatic heterocycles. The second-order valence-electron chi connectivity index (χ2n) is 42.9. The predicted octanol–water partition coefficient (Wildman–Crippen LogP) is 39.3. The second kappa shape index (κ2) is 35.2. The predicted molar refractivity (Wildman–Crippen MR) is 626 cm³/mol. The van der Waals surface area contributed by atoms with E-state index in [9.17, 15) is 0 Å². The van der Waals surface area contributed by atoms with E-state index in [-0.39, 0.29) is 21.7 Å². The zero-order valence-electron chi connectivity index (χ0n) is 83.5. The molecular weight excluding hydrogens is 1850 g/mol. The average molecular weight is 1960 g/mol. The van der Waals surface area contributed by atoms with E-state index in [1.165, 1.54) is 215 Å². The van der Waals surface area contributed by atoms with Gasteiger partial charge < -0.3 is 29.1 Å². The maximum absolute atomic E-state index is 6.84. The van der Waals surface area contributed by atoms with Gasteiger partial charge in [0.1, 0.15) is 20.1 Å². The molecule has 0 amide bonds. The van der Waals surface area contributed by atoms with Crippen LogP contribution in [-0.2, 0) is 21.7 Å². The Labute approximate surface area is 869 Å². The van der Waals surface area contributed by atoms with Gasteiger partial charge in [-0.25, -0.2) is 0 Å². The van der Waals surface area contributed by atoms with Crippen molar-refractivity contribution >= 4 is 223 Å². The minimum atomic E-state index is 0.00909. The third kappa shape index (κ3) is 15.7. The van der Waals surface area contributed by atoms with E-state index in [0.29, 0.717) is 11.8 Å². The zero-order valence-corrected chi connectivity index (χ0v) is 86.8. The zero-order chi connectivity index (χ0) is 98.9. The molecule has 28 rings (SSSR count). The molecule has 0 N–H and O–H groups in total. The monoisotopic (exact) mass is 1960 g/mol. The fourth-order valence-corrected chi connectivity index (χ4v) is 26.5. The topological polar surface area (TPSA) is 37.9 Å². The molecule has 8 nitrogen and oxygen atoms in total. The Hall–Kier alpha value is -15.5. The molecule has 0 aliphatic carbocycles. The smallest absolute Gasteiger partial charge is 0.268 e. The first kappa shape index (κ1) is 90.5. The molecule has 0 saturated heterocycles. The van der Waals surface area contributed by atoms with Gasteiger partial charge in [0, 0.05) is 41.7 Å². The molecule has 0 atom stereocenters. The maximum Gasteiger partial charge on any atom is 0.268 e. The molecule has 6 aliphatic heterocycles. The Morgan fingerprint density at radius 1 is 0.164 bits per heavy atom. The van der Waals surface area contributed by atoms with E-state index in [2.05, 4.69) is 513 Å². The first-order valence-electron chi connectivity index (χ1n) is 50.4. The van der Waals surface area contributed by atoms with Gasteiger partial charge in [0.25, 0.3) is 11.8 Å². The van der Waals surface area contributed by atoms with Crippen molar-refractivity contribution in [3.8, 4) is 11.5 Å². The largest absolute Gasteiger partial charge is 0.433 e. The first-order chi connectivity index (χ1) is 70.9. The molecule has 0 unspecified atom stereocenters. The molecule has 0 bridgehead atoms. The van der Waals surface area contributed by atoms with Crippen molar-refractivity contribution in [3.63, 3.8) is 0 Å². The molecular formula is C134H106N6O2S4. The van der Waals surface area contributed by atoms with Crippen LogP contribution in [0.2, 0.25) is 0 Å². The lowest BCUT2D eigenvalue weighted by molar-refractivity contribution is 0.367. The van der Waals surface area contributed by atoms with E-state index >= 15 is 0 Å². The Balaban J connectivity index is 0.000000112. The van der Waals surface area contributed by atoms with Crippen LogP contribution in [0.5, 0.6) is 11.5 Å². The van der Waals surface area contributed by atoms with Gasteiger partial charge in [-0.3, -0.25) is 9.80 Å². The number of ether oxygens (including phenoxy) is 2. The van der Waals surface area contributed by atoms with Crippen molar-refractivity contribution < 1.29 is 9.47 Å². The van der Waals surface area contributed by atoms with Crippen LogP contribution in [0.3, 0.4) is 0 Å². The number of nitrogens with zero attached hydrogens (tertiary/aromatic N) is 6. The summed E-state index contributed by atoms with van der Waals surface area (Å²) >= 11 is 7.50. The number of fused-ring (bicyclic) bond motifs is 20. The Bertz CT molecular complexity index is 8800. The fourth-order valence-electron chi connectivity index (χ4n) is 21.6. The normalized spacial score (nSPS) is 15.9. The number of para-hydroxylation sites is 8. The summed E-state index contributed by atoms with van der Waals surface area (Å²) in [5.41, 5.74) is 19.1. The standard InChI is InChI=1S/C50H42N2O2.C42H26N2S2.C42H38N2S2/c1-49(2,3)35-21-25-39-33(27-35)17-15-31-19-23-37(29-41(31)39)51-43-11-7-9-13-45(43)53-47(51)48-52(44-12-8-10-14-46(44)54-48)38-24-20-32-16-18-34-28-36(50(4,5)6)22-26-40(34)42(32)30-38;1-3-11-33-27(9-1)17-19-29-21-23-31(25-35(29)33)43-37-13-5-7-15-39(37)45-41(43)42-44(38-14-6-8-16-40(38)46-42)32-24-22-30-20-18-28-10-2-4-12-34(28)36(30)26-32;1-41(2,3)29-23-27-15-7-9-17-31(27)35(25-29)43-33-19-11-13-21-37(33)45-39(43)40-44(34-20-12-14-22-38(34)46-40)36-26-30(42(4,5)6)24-28-16-8-10-18-32(28)36/h7-30H,1-6H3;1-26H;7-26H,1-6H3/b48-47+;42-41+;40-39+. The Kier molecular flexibility index (Phi) is 21.8. The van der Waals surface area contributed by atoms with Crippen LogP contribution in [0, 0.1) is 0 Å². The van der Waals surface area contributed by atoms with Crippen molar-refractivity contribution in [2.75, 3.05) is 29.4 Å². The number of rotatable bonds is 6. The van der Waals surface area contributed by atoms with Crippen LogP contribution in [0.1, 0.15) is 105 Å². The number of hydrogen-bond acceptors (Lipinski definition) is 12. The van der Waals surface area contributed by atoms with Gasteiger partial charge in [0.15, 0.2) is 11.5 Å². The summed E-state index contributed by atoms with van der Waals surface area (Å²) in [5, 5.41) is 29.9. The number of anilines is 12. The van der Waals surface area contributed by atoms with Gasteiger partial charge in [0.05, 0.1) is 56.9 Å². The third-order valence-electron chi connectivity index (χ3n) is 29.4. The quantitative estimate of drug-likeness (QED) is 0.149. The molecule has 6 aliphatic rings. The van der Waals surface area contributed by atoms with Crippen LogP contribution in [0.25, 0.3) is 108 Å². The molecule has 708 valence electrons. The number of thioether (sulfide) groups is 4. The van der Waals surface area contributed by atoms with E-state index < -0.39 is 0 Å². The van der Waals surface area contributed by atoms with Crippen LogP contribution in [0.4, 0.5) is 68.2 Å². The van der Waals surface area contributed by atoms with Crippen LogP contribution in [0.15, 0.2) is 476 Å². The lowest BCUT2D eigenvalue weighted by Crippen LogP contribution is -2.24. The maximum atomic E-state index is 6.84. The van der Waals surface area contributed by atoms with Crippen LogP contribution < -0.4 is 38.9 Å². The summed E-state index contributed by atoms with van der Waals surface area (Å²) in [6, 6.07) is 155. The molecule has 0 spiro atoms. The second-order valence-corrected chi connectivity index (χ2v) is 47.0. The SMILES string of the molecule is CC(C)(C)c1cc(N2/C(=C3\Sc4ccccc4N3c3cc(C(C)(C)C)cc4ccccc34)Sc3ccccc32)c2ccccc2c1.CC(C)(C)c1ccc2c(ccc3ccc(N4/C(=C5\Oc6ccccc6N5c5ccc6ccc7cc(C(C)(C)C)ccc7c6c5)Oc5ccccc54)cc32)c1.c1ccc2c(c1)S/C(=C1/Sc3ccccc3N1c1ccc3ccc4ccccc4c3c1)N2c1ccc2ccc3ccccc3c2c1. The highest BCUT2D eigenvalue weighted by Crippen LogP contribution is 2.64. The fraction of sp³-hybridized carbons (Fsp3) is 0.119. The summed E-state index contributed by atoms with van der Waals surface area (Å²) in [6.07, 6.45) is 0. The van der Waals surface area contributed by atoms with Crippen molar-refractivity contribution in [3.05, 3.63) is 479 Å². The average Bonchev–Trinajstić information content (AvgIpc) is 1.57. The molecule has 0 radical (unpaired) electrons. The lowest BCUT2D eigenvalue weighted by atomic mass is 9.85. The first-order valence-corrected chi connectivity index (χ1v) is 53.6. The molecule has 22 aromatic rings. The van der Waals surface area contributed by atoms with Gasteiger partial charge in [-0.05, 0) is 274 Å². The number of hydrogen-bond donors (Lipinski definition) is 0. The van der Waals surface area contributed by atoms with Crippen molar-refractivity contribution in [1.82, 2.24) is 0 Å². The summed E-state index contributed by atoms with van der Waals surface area (Å²) in [5.74, 6) is 2.81. The van der Waals surface area contributed by atoms with Gasteiger partial charge in [0.2, 0.25) is 0 Å². The van der Waals surface area contributed by atoms with E-state index in [1.807, 2.05) is 71.3 Å². The Morgan fingerprint density at radius 2 is 0.397 bits per heavy atom. The summed E-state index contributed by atoms with van der Waals surface area (Å²) in [6.45, 7) is 27.5. The molecule has 22 aromatic carbocycles. The molecule has 146 heavy (non-hydrogen) atoms. The molecule has 6 heterocycles. The lowest BCUT2D eigenvalue weighted by Gasteiger charge is -2.31. The summed E-state index contributed by atoms with van der Waals surface area (Å²) in [7, 11) is 0. The van der Waals surface area contributed by atoms with Crippen LogP contribution in [-0.4, -0.2) is 0 Å². The van der Waals surface area contributed by atoms with Gasteiger partial charge in [-0.15, -0.1) is 0 Å². The minimum absolute atomic E-state index is 0.00909. The van der Waals surface area contributed by atoms with E-state index in [0.717, 1.165) is 34.2 Å². The third-order valence-corrected chi connectivity index (χ3v) is 34.2. The molecule has 0 saturated carbocycles. The molecule has 12 heteroatoms. The summed E-state index contributed by atoms with van der Waals surface area (Å²) < 4.78 is 13.7. The van der Waals surface area contributed by atoms with Crippen molar-refractivity contribution in [1.29, 1.82) is 0 Å².